The molecule has 0 spiro atoms. The predicted octanol–water partition coefficient (Wildman–Crippen LogP) is 3.13. The van der Waals surface area contributed by atoms with Crippen LogP contribution in [0.2, 0.25) is 0 Å². The molecular weight excluding hydrogens is 264 g/mol. The highest BCUT2D eigenvalue weighted by molar-refractivity contribution is 5.97. The molecule has 2 heterocycles. The molecule has 3 rings (SSSR count). The van der Waals surface area contributed by atoms with E-state index in [9.17, 15) is 4.79 Å². The summed E-state index contributed by atoms with van der Waals surface area (Å²) >= 11 is 0. The maximum atomic E-state index is 12.9. The van der Waals surface area contributed by atoms with Gasteiger partial charge in [0.05, 0.1) is 17.9 Å². The summed E-state index contributed by atoms with van der Waals surface area (Å²) in [5, 5.41) is 0. The summed E-state index contributed by atoms with van der Waals surface area (Å²) in [7, 11) is 0. The molecule has 4 heteroatoms. The Kier molecular flexibility index (Phi) is 3.42. The van der Waals surface area contributed by atoms with Crippen molar-refractivity contribution in [3.8, 4) is 5.75 Å². The number of aromatic nitrogens is 1. The molecule has 1 amide bonds. The monoisotopic (exact) mass is 288 g/mol. The number of carbonyl (C=O) groups is 1. The molecule has 1 aliphatic heterocycles. The van der Waals surface area contributed by atoms with Gasteiger partial charge in [-0.25, -0.2) is 0 Å². The topological polar surface area (TPSA) is 42.4 Å². The van der Waals surface area contributed by atoms with Crippen LogP contribution in [0.15, 0.2) is 18.5 Å². The molecule has 4 nitrogen and oxygen atoms in total. The van der Waals surface area contributed by atoms with Crippen molar-refractivity contribution >= 4 is 5.91 Å². The zero-order valence-corrected chi connectivity index (χ0v) is 13.3. The van der Waals surface area contributed by atoms with Crippen LogP contribution in [0.3, 0.4) is 0 Å². The van der Waals surface area contributed by atoms with Gasteiger partial charge in [0.25, 0.3) is 5.91 Å². The van der Waals surface area contributed by atoms with Gasteiger partial charge in [-0.15, -0.1) is 0 Å². The first-order chi connectivity index (χ1) is 9.90. The smallest absolute Gasteiger partial charge is 0.258 e. The summed E-state index contributed by atoms with van der Waals surface area (Å²) in [6.07, 6.45) is 5.85. The van der Waals surface area contributed by atoms with Gasteiger partial charge < -0.3 is 9.64 Å². The minimum absolute atomic E-state index is 0.0350. The van der Waals surface area contributed by atoms with E-state index in [1.165, 1.54) is 12.8 Å². The van der Waals surface area contributed by atoms with Crippen LogP contribution in [0.5, 0.6) is 5.75 Å². The van der Waals surface area contributed by atoms with Crippen LogP contribution in [-0.2, 0) is 0 Å². The third-order valence-corrected chi connectivity index (χ3v) is 4.42. The molecule has 1 saturated carbocycles. The van der Waals surface area contributed by atoms with Crippen LogP contribution in [0.25, 0.3) is 0 Å². The summed E-state index contributed by atoms with van der Waals surface area (Å²) in [5.41, 5.74) is 0.878. The van der Waals surface area contributed by atoms with Gasteiger partial charge in [0.1, 0.15) is 0 Å². The zero-order chi connectivity index (χ0) is 15.2. The molecule has 0 radical (unpaired) electrons. The van der Waals surface area contributed by atoms with E-state index in [0.717, 1.165) is 6.54 Å². The third kappa shape index (κ3) is 2.63. The fraction of sp³-hybridized carbons (Fsp3) is 0.647. The van der Waals surface area contributed by atoms with Gasteiger partial charge in [0, 0.05) is 24.2 Å². The van der Waals surface area contributed by atoms with E-state index in [2.05, 4.69) is 18.8 Å². The largest absolute Gasteiger partial charge is 0.489 e. The van der Waals surface area contributed by atoms with Crippen molar-refractivity contribution in [2.75, 3.05) is 6.54 Å². The Balaban J connectivity index is 1.83. The molecule has 1 saturated heterocycles. The van der Waals surface area contributed by atoms with E-state index in [-0.39, 0.29) is 17.4 Å². The fourth-order valence-electron chi connectivity index (χ4n) is 3.50. The van der Waals surface area contributed by atoms with Crippen molar-refractivity contribution in [1.29, 1.82) is 0 Å². The molecule has 0 unspecified atom stereocenters. The summed E-state index contributed by atoms with van der Waals surface area (Å²) < 4.78 is 5.74. The van der Waals surface area contributed by atoms with Gasteiger partial charge >= 0.3 is 0 Å². The lowest BCUT2D eigenvalue weighted by Crippen LogP contribution is -2.64. The second-order valence-electron chi connectivity index (χ2n) is 7.24. The van der Waals surface area contributed by atoms with E-state index >= 15 is 0 Å². The number of amides is 1. The highest BCUT2D eigenvalue weighted by Crippen LogP contribution is 2.50. The van der Waals surface area contributed by atoms with E-state index in [4.69, 9.17) is 4.74 Å². The first-order valence-electron chi connectivity index (χ1n) is 7.82. The first-order valence-corrected chi connectivity index (χ1v) is 7.82. The maximum Gasteiger partial charge on any atom is 0.258 e. The summed E-state index contributed by atoms with van der Waals surface area (Å²) in [5.74, 6) is 1.37. The van der Waals surface area contributed by atoms with Gasteiger partial charge in [-0.2, -0.15) is 0 Å². The van der Waals surface area contributed by atoms with Gasteiger partial charge in [-0.3, -0.25) is 9.78 Å². The Morgan fingerprint density at radius 2 is 2.14 bits per heavy atom. The Morgan fingerprint density at radius 3 is 2.71 bits per heavy atom. The number of hydrogen-bond donors (Lipinski definition) is 0. The SMILES string of the molecule is CC(C)Oc1cnccc1C(=O)N1CC(C)(C)[C@@H]1C1CC1. The van der Waals surface area contributed by atoms with Gasteiger partial charge in [0.2, 0.25) is 0 Å². The van der Waals surface area contributed by atoms with Crippen molar-refractivity contribution in [1.82, 2.24) is 9.88 Å². The second-order valence-corrected chi connectivity index (χ2v) is 7.24. The lowest BCUT2D eigenvalue weighted by Gasteiger charge is -2.55. The number of hydrogen-bond acceptors (Lipinski definition) is 3. The number of carbonyl (C=O) groups excluding carboxylic acids is 1. The predicted molar refractivity (Wildman–Crippen MR) is 81.3 cm³/mol. The van der Waals surface area contributed by atoms with Crippen molar-refractivity contribution in [3.05, 3.63) is 24.0 Å². The molecule has 1 aromatic rings. The van der Waals surface area contributed by atoms with E-state index in [1.54, 1.807) is 18.5 Å². The average Bonchev–Trinajstić information content (AvgIpc) is 3.20. The zero-order valence-electron chi connectivity index (χ0n) is 13.3. The van der Waals surface area contributed by atoms with Crippen LogP contribution >= 0.6 is 0 Å². The molecule has 2 fully saturated rings. The molecule has 1 aromatic heterocycles. The number of rotatable bonds is 4. The van der Waals surface area contributed by atoms with Gasteiger partial charge in [-0.05, 0) is 38.7 Å². The summed E-state index contributed by atoms with van der Waals surface area (Å²) in [6.45, 7) is 9.27. The maximum absolute atomic E-state index is 12.9. The number of likely N-dealkylation sites (tertiary alicyclic amines) is 1. The van der Waals surface area contributed by atoms with Crippen molar-refractivity contribution in [2.45, 2.75) is 52.7 Å². The molecule has 2 aliphatic rings. The van der Waals surface area contributed by atoms with Crippen molar-refractivity contribution < 1.29 is 9.53 Å². The number of nitrogens with zero attached hydrogens (tertiary/aromatic N) is 2. The van der Waals surface area contributed by atoms with Crippen LogP contribution in [0.4, 0.5) is 0 Å². The second kappa shape index (κ2) is 5.00. The average molecular weight is 288 g/mol. The van der Waals surface area contributed by atoms with Crippen LogP contribution in [-0.4, -0.2) is 34.5 Å². The highest BCUT2D eigenvalue weighted by atomic mass is 16.5. The Bertz CT molecular complexity index is 549. The fourth-order valence-corrected chi connectivity index (χ4v) is 3.50. The highest BCUT2D eigenvalue weighted by Gasteiger charge is 2.54. The molecule has 0 bridgehead atoms. The minimum atomic E-state index is 0.0350. The molecular formula is C17H24N2O2. The van der Waals surface area contributed by atoms with E-state index < -0.39 is 0 Å². The van der Waals surface area contributed by atoms with Crippen LogP contribution in [0, 0.1) is 11.3 Å². The standard InChI is InChI=1S/C17H24N2O2/c1-11(2)21-14-9-18-8-7-13(14)16(20)19-10-17(3,4)15(19)12-5-6-12/h7-9,11-12,15H,5-6,10H2,1-4H3/t15-/m0/s1. The lowest BCUT2D eigenvalue weighted by atomic mass is 9.72. The van der Waals surface area contributed by atoms with E-state index in [0.29, 0.717) is 23.3 Å². The Labute approximate surface area is 126 Å². The molecule has 21 heavy (non-hydrogen) atoms. The Hall–Kier alpha value is -1.58. The normalized spacial score (nSPS) is 23.9. The molecule has 1 aliphatic carbocycles. The van der Waals surface area contributed by atoms with Gasteiger partial charge in [-0.1, -0.05) is 13.8 Å². The molecule has 0 aromatic carbocycles. The Morgan fingerprint density at radius 1 is 1.43 bits per heavy atom. The number of pyridine rings is 1. The lowest BCUT2D eigenvalue weighted by molar-refractivity contribution is -0.0411. The third-order valence-electron chi connectivity index (χ3n) is 4.42. The van der Waals surface area contributed by atoms with Gasteiger partial charge in [0.15, 0.2) is 5.75 Å². The van der Waals surface area contributed by atoms with E-state index in [1.807, 2.05) is 18.7 Å². The van der Waals surface area contributed by atoms with Crippen molar-refractivity contribution in [3.63, 3.8) is 0 Å². The quantitative estimate of drug-likeness (QED) is 0.855. The molecule has 114 valence electrons. The molecule has 0 N–H and O–H groups in total. The van der Waals surface area contributed by atoms with Crippen LogP contribution in [0.1, 0.15) is 50.9 Å². The minimum Gasteiger partial charge on any atom is -0.489 e. The van der Waals surface area contributed by atoms with Crippen LogP contribution < -0.4 is 4.74 Å². The van der Waals surface area contributed by atoms with Crippen molar-refractivity contribution in [2.24, 2.45) is 11.3 Å². The number of ether oxygens (including phenoxy) is 1. The first kappa shape index (κ1) is 14.4. The summed E-state index contributed by atoms with van der Waals surface area (Å²) in [6, 6.07) is 2.15. The molecule has 1 atom stereocenters. The summed E-state index contributed by atoms with van der Waals surface area (Å²) in [4.78, 5) is 19.0.